The molecule has 0 heterocycles. The summed E-state index contributed by atoms with van der Waals surface area (Å²) in [5, 5.41) is 12.6. The summed E-state index contributed by atoms with van der Waals surface area (Å²) in [4.78, 5) is 0.541. The molecule has 0 amide bonds. The zero-order valence-corrected chi connectivity index (χ0v) is 10.8. The second-order valence-corrected chi connectivity index (χ2v) is 5.53. The van der Waals surface area contributed by atoms with E-state index < -0.39 is 0 Å². The van der Waals surface area contributed by atoms with Gasteiger partial charge in [0.25, 0.3) is 0 Å². The number of phenols is 1. The molecule has 0 radical (unpaired) electrons. The van der Waals surface area contributed by atoms with E-state index in [1.54, 1.807) is 12.1 Å². The first-order chi connectivity index (χ1) is 7.08. The van der Waals surface area contributed by atoms with Crippen molar-refractivity contribution >= 4 is 15.9 Å². The van der Waals surface area contributed by atoms with Gasteiger partial charge < -0.3 is 10.4 Å². The van der Waals surface area contributed by atoms with Crippen LogP contribution in [-0.2, 0) is 6.54 Å². The lowest BCUT2D eigenvalue weighted by molar-refractivity contribution is 0.474. The third-order valence-electron chi connectivity index (χ3n) is 2.27. The van der Waals surface area contributed by atoms with Crippen molar-refractivity contribution in [3.63, 3.8) is 0 Å². The maximum atomic E-state index is 9.13. The summed E-state index contributed by atoms with van der Waals surface area (Å²) in [7, 11) is 0. The van der Waals surface area contributed by atoms with E-state index in [9.17, 15) is 0 Å². The monoisotopic (exact) mass is 271 g/mol. The summed E-state index contributed by atoms with van der Waals surface area (Å²) in [6, 6.07) is 7.80. The lowest BCUT2D eigenvalue weighted by Crippen LogP contribution is -2.27. The van der Waals surface area contributed by atoms with Crippen LogP contribution in [0.2, 0.25) is 0 Å². The standard InChI is InChI=1S/C12H18BrNO/c1-9(13)7-10(2)14-8-11-3-5-12(15)6-4-11/h3-6,9-10,14-15H,7-8H2,1-2H3. The van der Waals surface area contributed by atoms with Gasteiger partial charge in [0.15, 0.2) is 0 Å². The van der Waals surface area contributed by atoms with Crippen LogP contribution < -0.4 is 5.32 Å². The second-order valence-electron chi connectivity index (χ2n) is 3.96. The molecule has 2 unspecified atom stereocenters. The molecule has 2 atom stereocenters. The topological polar surface area (TPSA) is 32.3 Å². The SMILES string of the molecule is CC(Br)CC(C)NCc1ccc(O)cc1. The number of benzene rings is 1. The summed E-state index contributed by atoms with van der Waals surface area (Å²) in [5.74, 6) is 0.320. The molecule has 3 heteroatoms. The van der Waals surface area contributed by atoms with Crippen LogP contribution in [0, 0.1) is 0 Å². The third-order valence-corrected chi connectivity index (χ3v) is 2.64. The van der Waals surface area contributed by atoms with Gasteiger partial charge in [0.2, 0.25) is 0 Å². The lowest BCUT2D eigenvalue weighted by Gasteiger charge is -2.15. The van der Waals surface area contributed by atoms with Crippen molar-refractivity contribution < 1.29 is 5.11 Å². The molecule has 1 rings (SSSR count). The van der Waals surface area contributed by atoms with Crippen LogP contribution in [-0.4, -0.2) is 16.0 Å². The number of alkyl halides is 1. The van der Waals surface area contributed by atoms with Gasteiger partial charge in [-0.15, -0.1) is 0 Å². The van der Waals surface area contributed by atoms with E-state index in [2.05, 4.69) is 35.1 Å². The first-order valence-corrected chi connectivity index (χ1v) is 6.15. The largest absolute Gasteiger partial charge is 0.508 e. The molecule has 2 N–H and O–H groups in total. The quantitative estimate of drug-likeness (QED) is 0.807. The first-order valence-electron chi connectivity index (χ1n) is 5.23. The molecule has 84 valence electrons. The predicted octanol–water partition coefficient (Wildman–Crippen LogP) is 3.04. The molecule has 0 spiro atoms. The maximum absolute atomic E-state index is 9.13. The van der Waals surface area contributed by atoms with E-state index in [-0.39, 0.29) is 0 Å². The van der Waals surface area contributed by atoms with E-state index >= 15 is 0 Å². The van der Waals surface area contributed by atoms with Crippen LogP contribution in [0.1, 0.15) is 25.8 Å². The Hall–Kier alpha value is -0.540. The number of phenolic OH excluding ortho intramolecular Hbond substituents is 1. The van der Waals surface area contributed by atoms with Crippen molar-refractivity contribution in [3.05, 3.63) is 29.8 Å². The summed E-state index contributed by atoms with van der Waals surface area (Å²) in [6.45, 7) is 5.18. The molecule has 0 saturated heterocycles. The minimum atomic E-state index is 0.320. The second kappa shape index (κ2) is 6.13. The van der Waals surface area contributed by atoms with Crippen molar-refractivity contribution in [2.75, 3.05) is 0 Å². The Labute approximate surface area is 99.8 Å². The number of rotatable bonds is 5. The molecule has 0 aliphatic rings. The van der Waals surface area contributed by atoms with Crippen LogP contribution in [0.3, 0.4) is 0 Å². The van der Waals surface area contributed by atoms with E-state index in [0.29, 0.717) is 16.6 Å². The Morgan fingerprint density at radius 1 is 1.27 bits per heavy atom. The fraction of sp³-hybridized carbons (Fsp3) is 0.500. The van der Waals surface area contributed by atoms with Crippen molar-refractivity contribution in [1.82, 2.24) is 5.32 Å². The van der Waals surface area contributed by atoms with Gasteiger partial charge in [-0.3, -0.25) is 0 Å². The van der Waals surface area contributed by atoms with Crippen molar-refractivity contribution in [3.8, 4) is 5.75 Å². The van der Waals surface area contributed by atoms with E-state index in [1.165, 1.54) is 5.56 Å². The van der Waals surface area contributed by atoms with Crippen molar-refractivity contribution in [2.45, 2.75) is 37.7 Å². The third kappa shape index (κ3) is 5.19. The average molecular weight is 272 g/mol. The van der Waals surface area contributed by atoms with Gasteiger partial charge >= 0.3 is 0 Å². The molecule has 0 fully saturated rings. The van der Waals surface area contributed by atoms with Crippen molar-refractivity contribution in [1.29, 1.82) is 0 Å². The highest BCUT2D eigenvalue weighted by Gasteiger charge is 2.04. The van der Waals surface area contributed by atoms with Crippen molar-refractivity contribution in [2.24, 2.45) is 0 Å². The molecule has 2 nitrogen and oxygen atoms in total. The summed E-state index contributed by atoms with van der Waals surface area (Å²) < 4.78 is 0. The molecule has 15 heavy (non-hydrogen) atoms. The van der Waals surface area contributed by atoms with Crippen LogP contribution in [0.25, 0.3) is 0 Å². The summed E-state index contributed by atoms with van der Waals surface area (Å²) in [6.07, 6.45) is 1.11. The van der Waals surface area contributed by atoms with Gasteiger partial charge in [-0.05, 0) is 31.0 Å². The minimum absolute atomic E-state index is 0.320. The molecule has 1 aromatic carbocycles. The smallest absolute Gasteiger partial charge is 0.115 e. The van der Waals surface area contributed by atoms with Crippen LogP contribution >= 0.6 is 15.9 Å². The Kier molecular flexibility index (Phi) is 5.12. The number of nitrogens with one attached hydrogen (secondary N) is 1. The lowest BCUT2D eigenvalue weighted by atomic mass is 10.1. The Morgan fingerprint density at radius 2 is 1.87 bits per heavy atom. The van der Waals surface area contributed by atoms with Gasteiger partial charge in [-0.25, -0.2) is 0 Å². The molecule has 0 aliphatic carbocycles. The zero-order valence-electron chi connectivity index (χ0n) is 9.20. The fourth-order valence-electron chi connectivity index (χ4n) is 1.48. The fourth-order valence-corrected chi connectivity index (χ4v) is 2.04. The maximum Gasteiger partial charge on any atom is 0.115 e. The Balaban J connectivity index is 2.33. The highest BCUT2D eigenvalue weighted by molar-refractivity contribution is 9.09. The first kappa shape index (κ1) is 12.5. The normalized spacial score (nSPS) is 14.9. The molecule has 1 aromatic rings. The van der Waals surface area contributed by atoms with Crippen LogP contribution in [0.5, 0.6) is 5.75 Å². The molecular weight excluding hydrogens is 254 g/mol. The van der Waals surface area contributed by atoms with Gasteiger partial charge in [-0.1, -0.05) is 35.0 Å². The average Bonchev–Trinajstić information content (AvgIpc) is 2.16. The summed E-state index contributed by atoms with van der Waals surface area (Å²) in [5.41, 5.74) is 1.20. The summed E-state index contributed by atoms with van der Waals surface area (Å²) >= 11 is 3.54. The molecule has 0 aliphatic heterocycles. The molecule has 0 aromatic heterocycles. The van der Waals surface area contributed by atoms with E-state index in [4.69, 9.17) is 5.11 Å². The molecule has 0 saturated carbocycles. The molecule has 0 bridgehead atoms. The predicted molar refractivity (Wildman–Crippen MR) is 67.4 cm³/mol. The zero-order chi connectivity index (χ0) is 11.3. The number of hydrogen-bond donors (Lipinski definition) is 2. The van der Waals surface area contributed by atoms with E-state index in [1.807, 2.05) is 12.1 Å². The van der Waals surface area contributed by atoms with Crippen LogP contribution in [0.4, 0.5) is 0 Å². The molecular formula is C12H18BrNO. The Bertz CT molecular complexity index is 284. The van der Waals surface area contributed by atoms with Gasteiger partial charge in [0.1, 0.15) is 5.75 Å². The minimum Gasteiger partial charge on any atom is -0.508 e. The number of hydrogen-bond acceptors (Lipinski definition) is 2. The number of aromatic hydroxyl groups is 1. The highest BCUT2D eigenvalue weighted by atomic mass is 79.9. The van der Waals surface area contributed by atoms with E-state index in [0.717, 1.165) is 13.0 Å². The Morgan fingerprint density at radius 3 is 2.40 bits per heavy atom. The number of halogens is 1. The highest BCUT2D eigenvalue weighted by Crippen LogP contribution is 2.10. The van der Waals surface area contributed by atoms with Crippen LogP contribution in [0.15, 0.2) is 24.3 Å². The van der Waals surface area contributed by atoms with Gasteiger partial charge in [0.05, 0.1) is 0 Å². The van der Waals surface area contributed by atoms with Gasteiger partial charge in [0, 0.05) is 17.4 Å². The van der Waals surface area contributed by atoms with Gasteiger partial charge in [-0.2, -0.15) is 0 Å².